The van der Waals surface area contributed by atoms with Crippen molar-refractivity contribution in [3.05, 3.63) is 131 Å². The highest BCUT2D eigenvalue weighted by Gasteiger charge is 2.35. The van der Waals surface area contributed by atoms with Crippen molar-refractivity contribution in [3.8, 4) is 0 Å². The van der Waals surface area contributed by atoms with E-state index in [1.165, 1.54) is 17.0 Å². The summed E-state index contributed by atoms with van der Waals surface area (Å²) in [4.78, 5) is 30.1. The van der Waals surface area contributed by atoms with Crippen LogP contribution in [0.25, 0.3) is 0 Å². The van der Waals surface area contributed by atoms with Gasteiger partial charge in [-0.1, -0.05) is 108 Å². The molecule has 0 radical (unpaired) electrons. The second-order valence-corrected chi connectivity index (χ2v) is 13.8. The summed E-state index contributed by atoms with van der Waals surface area (Å²) in [7, 11) is -4.11. The van der Waals surface area contributed by atoms with Gasteiger partial charge in [-0.3, -0.25) is 13.9 Å². The first-order valence-electron chi connectivity index (χ1n) is 14.8. The first-order chi connectivity index (χ1) is 21.3. The van der Waals surface area contributed by atoms with Crippen LogP contribution < -0.4 is 9.62 Å². The molecule has 1 atom stereocenters. The largest absolute Gasteiger partial charge is 0.352 e. The normalized spacial score (nSPS) is 14.1. The molecular weight excluding hydrogens is 638 g/mol. The molecule has 1 aliphatic carbocycles. The van der Waals surface area contributed by atoms with Crippen molar-refractivity contribution in [3.63, 3.8) is 0 Å². The molecule has 0 saturated heterocycles. The van der Waals surface area contributed by atoms with Gasteiger partial charge in [0.1, 0.15) is 12.6 Å². The van der Waals surface area contributed by atoms with Gasteiger partial charge in [-0.25, -0.2) is 8.42 Å². The number of halogens is 1. The van der Waals surface area contributed by atoms with Crippen molar-refractivity contribution in [2.75, 3.05) is 10.8 Å². The summed E-state index contributed by atoms with van der Waals surface area (Å²) in [5.74, 6) is -0.711. The zero-order valence-corrected chi connectivity index (χ0v) is 26.8. The summed E-state index contributed by atoms with van der Waals surface area (Å²) in [6.07, 6.45) is 4.20. The van der Waals surface area contributed by atoms with Crippen LogP contribution in [0.15, 0.2) is 125 Å². The maximum Gasteiger partial charge on any atom is 0.264 e. The van der Waals surface area contributed by atoms with E-state index >= 15 is 0 Å². The predicted octanol–water partition coefficient (Wildman–Crippen LogP) is 6.34. The lowest BCUT2D eigenvalue weighted by Crippen LogP contribution is -2.54. The Hall–Kier alpha value is -3.95. The summed E-state index contributed by atoms with van der Waals surface area (Å²) >= 11 is 3.52. The van der Waals surface area contributed by atoms with Crippen molar-refractivity contribution in [1.82, 2.24) is 10.2 Å². The third-order valence-electron chi connectivity index (χ3n) is 7.87. The molecule has 2 amide bonds. The average molecular weight is 675 g/mol. The number of sulfonamides is 1. The van der Waals surface area contributed by atoms with Crippen LogP contribution in [-0.4, -0.2) is 43.8 Å². The second-order valence-electron chi connectivity index (χ2n) is 11.0. The number of para-hydroxylation sites is 1. The molecule has 228 valence electrons. The fraction of sp³-hybridized carbons (Fsp3) is 0.257. The smallest absolute Gasteiger partial charge is 0.264 e. The van der Waals surface area contributed by atoms with Crippen molar-refractivity contribution >= 4 is 43.5 Å². The monoisotopic (exact) mass is 673 g/mol. The Bertz CT molecular complexity index is 1650. The number of nitrogens with zero attached hydrogens (tertiary/aromatic N) is 2. The van der Waals surface area contributed by atoms with Gasteiger partial charge in [0.2, 0.25) is 11.8 Å². The Labute approximate surface area is 268 Å². The maximum absolute atomic E-state index is 14.5. The number of hydrogen-bond donors (Lipinski definition) is 1. The van der Waals surface area contributed by atoms with Crippen LogP contribution in [0.2, 0.25) is 0 Å². The van der Waals surface area contributed by atoms with E-state index < -0.39 is 28.5 Å². The molecule has 0 spiro atoms. The molecule has 0 aromatic heterocycles. The van der Waals surface area contributed by atoms with Gasteiger partial charge < -0.3 is 10.2 Å². The molecule has 5 rings (SSSR count). The van der Waals surface area contributed by atoms with Crippen LogP contribution in [0, 0.1) is 0 Å². The SMILES string of the molecule is O=C(NC1CCCC1)C(Cc1ccccc1)N(Cc1cccc(Br)c1)C(=O)CN(c1ccccc1)S(=O)(=O)c1ccccc1. The summed E-state index contributed by atoms with van der Waals surface area (Å²) in [5, 5.41) is 3.20. The van der Waals surface area contributed by atoms with E-state index in [-0.39, 0.29) is 29.8 Å². The molecule has 1 unspecified atom stereocenters. The van der Waals surface area contributed by atoms with E-state index in [0.29, 0.717) is 5.69 Å². The molecule has 1 aliphatic rings. The zero-order chi connectivity index (χ0) is 30.9. The molecule has 4 aromatic carbocycles. The Kier molecular flexibility index (Phi) is 10.5. The highest BCUT2D eigenvalue weighted by Crippen LogP contribution is 2.26. The average Bonchev–Trinajstić information content (AvgIpc) is 3.56. The van der Waals surface area contributed by atoms with Gasteiger partial charge in [0.15, 0.2) is 0 Å². The Morgan fingerprint density at radius 2 is 1.39 bits per heavy atom. The molecule has 7 nitrogen and oxygen atoms in total. The maximum atomic E-state index is 14.5. The first kappa shape index (κ1) is 31.5. The van der Waals surface area contributed by atoms with E-state index in [9.17, 15) is 18.0 Å². The first-order valence-corrected chi connectivity index (χ1v) is 17.1. The second kappa shape index (κ2) is 14.7. The number of amides is 2. The topological polar surface area (TPSA) is 86.8 Å². The molecule has 0 bridgehead atoms. The van der Waals surface area contributed by atoms with Gasteiger partial charge >= 0.3 is 0 Å². The minimum Gasteiger partial charge on any atom is -0.352 e. The summed E-state index contributed by atoms with van der Waals surface area (Å²) < 4.78 is 30.0. The minimum absolute atomic E-state index is 0.0582. The van der Waals surface area contributed by atoms with Crippen LogP contribution in [-0.2, 0) is 32.6 Å². The van der Waals surface area contributed by atoms with Crippen LogP contribution in [0.5, 0.6) is 0 Å². The molecule has 9 heteroatoms. The lowest BCUT2D eigenvalue weighted by atomic mass is 10.0. The number of nitrogens with one attached hydrogen (secondary N) is 1. The van der Waals surface area contributed by atoms with Gasteiger partial charge in [-0.05, 0) is 60.4 Å². The molecule has 44 heavy (non-hydrogen) atoms. The predicted molar refractivity (Wildman–Crippen MR) is 176 cm³/mol. The summed E-state index contributed by atoms with van der Waals surface area (Å²) in [6, 6.07) is 33.1. The van der Waals surface area contributed by atoms with Crippen LogP contribution in [0.1, 0.15) is 36.8 Å². The Balaban J connectivity index is 1.55. The zero-order valence-electron chi connectivity index (χ0n) is 24.4. The molecule has 0 aliphatic heterocycles. The standard InChI is InChI=1S/C35H36BrN3O4S/c36-29-16-12-15-28(23-29)25-38(33(24-27-13-4-1-5-14-27)35(41)37-30-17-10-11-18-30)34(40)26-39(31-19-6-2-7-20-31)44(42,43)32-21-8-3-9-22-32/h1-9,12-16,19-23,30,33H,10-11,17-18,24-26H2,(H,37,41). The Morgan fingerprint density at radius 3 is 2.02 bits per heavy atom. The third kappa shape index (κ3) is 7.95. The number of carbonyl (C=O) groups excluding carboxylic acids is 2. The number of anilines is 1. The molecule has 0 heterocycles. The van der Waals surface area contributed by atoms with Crippen LogP contribution in [0.3, 0.4) is 0 Å². The van der Waals surface area contributed by atoms with Crippen LogP contribution in [0.4, 0.5) is 5.69 Å². The quantitative estimate of drug-likeness (QED) is 0.190. The molecular formula is C35H36BrN3O4S. The van der Waals surface area contributed by atoms with E-state index in [1.54, 1.807) is 48.5 Å². The van der Waals surface area contributed by atoms with E-state index in [1.807, 2.05) is 54.6 Å². The highest BCUT2D eigenvalue weighted by atomic mass is 79.9. The molecule has 1 fully saturated rings. The van der Waals surface area contributed by atoms with Gasteiger partial charge in [0, 0.05) is 23.5 Å². The van der Waals surface area contributed by atoms with Gasteiger partial charge in [0.25, 0.3) is 10.0 Å². The van der Waals surface area contributed by atoms with Crippen molar-refractivity contribution in [2.45, 2.75) is 55.6 Å². The highest BCUT2D eigenvalue weighted by molar-refractivity contribution is 9.10. The number of carbonyl (C=O) groups is 2. The lowest BCUT2D eigenvalue weighted by Gasteiger charge is -2.34. The lowest BCUT2D eigenvalue weighted by molar-refractivity contribution is -0.140. The van der Waals surface area contributed by atoms with Gasteiger partial charge in [0.05, 0.1) is 10.6 Å². The third-order valence-corrected chi connectivity index (χ3v) is 10.2. The number of rotatable bonds is 12. The van der Waals surface area contributed by atoms with Crippen LogP contribution >= 0.6 is 15.9 Å². The van der Waals surface area contributed by atoms with E-state index in [0.717, 1.165) is 45.6 Å². The molecule has 4 aromatic rings. The summed E-state index contributed by atoms with van der Waals surface area (Å²) in [5.41, 5.74) is 2.08. The molecule has 1 N–H and O–H groups in total. The minimum atomic E-state index is -4.11. The Morgan fingerprint density at radius 1 is 0.795 bits per heavy atom. The number of hydrogen-bond acceptors (Lipinski definition) is 4. The van der Waals surface area contributed by atoms with Crippen molar-refractivity contribution in [2.24, 2.45) is 0 Å². The summed E-state index contributed by atoms with van der Waals surface area (Å²) in [6.45, 7) is -0.348. The molecule has 1 saturated carbocycles. The fourth-order valence-electron chi connectivity index (χ4n) is 5.60. The fourth-order valence-corrected chi connectivity index (χ4v) is 7.48. The van der Waals surface area contributed by atoms with Crippen molar-refractivity contribution < 1.29 is 18.0 Å². The van der Waals surface area contributed by atoms with E-state index in [4.69, 9.17) is 0 Å². The van der Waals surface area contributed by atoms with Crippen molar-refractivity contribution in [1.29, 1.82) is 0 Å². The van der Waals surface area contributed by atoms with E-state index in [2.05, 4.69) is 21.2 Å². The van der Waals surface area contributed by atoms with Gasteiger partial charge in [-0.15, -0.1) is 0 Å². The van der Waals surface area contributed by atoms with Gasteiger partial charge in [-0.2, -0.15) is 0 Å². The number of benzene rings is 4.